The van der Waals surface area contributed by atoms with Crippen molar-refractivity contribution in [3.63, 3.8) is 0 Å². The minimum absolute atomic E-state index is 0.0719. The van der Waals surface area contributed by atoms with Crippen LogP contribution >= 0.6 is 0 Å². The highest BCUT2D eigenvalue weighted by Crippen LogP contribution is 2.22. The summed E-state index contributed by atoms with van der Waals surface area (Å²) in [7, 11) is 1.65. The van der Waals surface area contributed by atoms with Crippen molar-refractivity contribution in [2.24, 2.45) is 5.92 Å². The van der Waals surface area contributed by atoms with Gasteiger partial charge in [-0.05, 0) is 36.6 Å². The van der Waals surface area contributed by atoms with Crippen molar-refractivity contribution in [1.29, 1.82) is 0 Å². The smallest absolute Gasteiger partial charge is 0.228 e. The molecule has 0 aromatic heterocycles. The summed E-state index contributed by atoms with van der Waals surface area (Å²) in [4.78, 5) is 29.0. The molecule has 1 saturated heterocycles. The van der Waals surface area contributed by atoms with E-state index < -0.39 is 0 Å². The van der Waals surface area contributed by atoms with Gasteiger partial charge in [-0.25, -0.2) is 0 Å². The van der Waals surface area contributed by atoms with E-state index in [2.05, 4.69) is 0 Å². The summed E-state index contributed by atoms with van der Waals surface area (Å²) >= 11 is 0. The average Bonchev–Trinajstić information content (AvgIpc) is 3.11. The summed E-state index contributed by atoms with van der Waals surface area (Å²) in [6.07, 6.45) is 1.09. The third kappa shape index (κ3) is 4.91. The Bertz CT molecular complexity index is 789. The molecule has 5 nitrogen and oxygen atoms in total. The van der Waals surface area contributed by atoms with E-state index in [1.807, 2.05) is 71.3 Å². The predicted octanol–water partition coefficient (Wildman–Crippen LogP) is 3.13. The number of rotatable bonds is 8. The lowest BCUT2D eigenvalue weighted by Gasteiger charge is -2.24. The van der Waals surface area contributed by atoms with Gasteiger partial charge in [-0.2, -0.15) is 0 Å². The standard InChI is InChI=1S/C23H28N2O3/c1-3-24(16-19-7-5-4-6-8-19)23(27)20-15-22(26)25(17-20)14-13-18-9-11-21(28-2)12-10-18/h4-12,20H,3,13-17H2,1-2H3. The lowest BCUT2D eigenvalue weighted by molar-refractivity contribution is -0.136. The van der Waals surface area contributed by atoms with Crippen LogP contribution in [0.3, 0.4) is 0 Å². The molecule has 1 heterocycles. The molecule has 28 heavy (non-hydrogen) atoms. The second kappa shape index (κ2) is 9.40. The maximum absolute atomic E-state index is 12.9. The summed E-state index contributed by atoms with van der Waals surface area (Å²) in [5, 5.41) is 0. The topological polar surface area (TPSA) is 49.9 Å². The first-order valence-corrected chi connectivity index (χ1v) is 9.84. The monoisotopic (exact) mass is 380 g/mol. The van der Waals surface area contributed by atoms with Crippen molar-refractivity contribution in [1.82, 2.24) is 9.80 Å². The Morgan fingerprint density at radius 3 is 2.46 bits per heavy atom. The zero-order valence-corrected chi connectivity index (χ0v) is 16.6. The van der Waals surface area contributed by atoms with E-state index in [0.29, 0.717) is 32.6 Å². The summed E-state index contributed by atoms with van der Waals surface area (Å²) in [6.45, 7) is 4.37. The highest BCUT2D eigenvalue weighted by molar-refractivity contribution is 5.89. The fourth-order valence-electron chi connectivity index (χ4n) is 3.62. The van der Waals surface area contributed by atoms with Crippen LogP contribution in [0.25, 0.3) is 0 Å². The maximum atomic E-state index is 12.9. The first-order valence-electron chi connectivity index (χ1n) is 9.84. The molecule has 0 aliphatic carbocycles. The molecule has 5 heteroatoms. The molecular formula is C23H28N2O3. The Labute approximate surface area is 166 Å². The van der Waals surface area contributed by atoms with E-state index in [0.717, 1.165) is 23.3 Å². The van der Waals surface area contributed by atoms with E-state index in [4.69, 9.17) is 4.74 Å². The average molecular weight is 380 g/mol. The maximum Gasteiger partial charge on any atom is 0.228 e. The van der Waals surface area contributed by atoms with Gasteiger partial charge >= 0.3 is 0 Å². The molecule has 2 aromatic rings. The van der Waals surface area contributed by atoms with Gasteiger partial charge < -0.3 is 14.5 Å². The number of benzene rings is 2. The predicted molar refractivity (Wildman–Crippen MR) is 109 cm³/mol. The summed E-state index contributed by atoms with van der Waals surface area (Å²) in [5.74, 6) is 0.728. The third-order valence-electron chi connectivity index (χ3n) is 5.30. The number of hydrogen-bond acceptors (Lipinski definition) is 3. The molecule has 2 amide bonds. The zero-order chi connectivity index (χ0) is 19.9. The summed E-state index contributed by atoms with van der Waals surface area (Å²) in [6, 6.07) is 17.9. The molecule has 148 valence electrons. The Hall–Kier alpha value is -2.82. The lowest BCUT2D eigenvalue weighted by atomic mass is 10.1. The van der Waals surface area contributed by atoms with Crippen molar-refractivity contribution >= 4 is 11.8 Å². The first kappa shape index (κ1) is 19.9. The van der Waals surface area contributed by atoms with Crippen LogP contribution in [-0.2, 0) is 22.6 Å². The fraction of sp³-hybridized carbons (Fsp3) is 0.391. The Morgan fingerprint density at radius 2 is 1.82 bits per heavy atom. The van der Waals surface area contributed by atoms with Crippen molar-refractivity contribution in [3.8, 4) is 5.75 Å². The normalized spacial score (nSPS) is 16.3. The number of hydrogen-bond donors (Lipinski definition) is 0. The van der Waals surface area contributed by atoms with Crippen LogP contribution in [0.4, 0.5) is 0 Å². The minimum Gasteiger partial charge on any atom is -0.497 e. The third-order valence-corrected chi connectivity index (χ3v) is 5.30. The van der Waals surface area contributed by atoms with Gasteiger partial charge in [0.25, 0.3) is 0 Å². The number of likely N-dealkylation sites (tertiary alicyclic amines) is 1. The Morgan fingerprint density at radius 1 is 1.11 bits per heavy atom. The van der Waals surface area contributed by atoms with Gasteiger partial charge in [0.2, 0.25) is 11.8 Å². The highest BCUT2D eigenvalue weighted by Gasteiger charge is 2.35. The quantitative estimate of drug-likeness (QED) is 0.707. The van der Waals surface area contributed by atoms with Crippen molar-refractivity contribution < 1.29 is 14.3 Å². The molecule has 1 aliphatic heterocycles. The lowest BCUT2D eigenvalue weighted by Crippen LogP contribution is -2.37. The second-order valence-electron chi connectivity index (χ2n) is 7.18. The van der Waals surface area contributed by atoms with Gasteiger partial charge in [-0.3, -0.25) is 9.59 Å². The van der Waals surface area contributed by atoms with Crippen molar-refractivity contribution in [2.75, 3.05) is 26.7 Å². The van der Waals surface area contributed by atoms with E-state index in [-0.39, 0.29) is 17.7 Å². The van der Waals surface area contributed by atoms with Gasteiger partial charge in [0, 0.05) is 32.6 Å². The number of carbonyl (C=O) groups is 2. The van der Waals surface area contributed by atoms with E-state index in [1.54, 1.807) is 7.11 Å². The van der Waals surface area contributed by atoms with Crippen LogP contribution in [0.2, 0.25) is 0 Å². The summed E-state index contributed by atoms with van der Waals surface area (Å²) in [5.41, 5.74) is 2.26. The van der Waals surface area contributed by atoms with Gasteiger partial charge in [0.1, 0.15) is 5.75 Å². The van der Waals surface area contributed by atoms with Crippen LogP contribution in [-0.4, -0.2) is 48.4 Å². The van der Waals surface area contributed by atoms with Crippen LogP contribution in [0, 0.1) is 5.92 Å². The number of carbonyl (C=O) groups excluding carboxylic acids is 2. The highest BCUT2D eigenvalue weighted by atomic mass is 16.5. The molecular weight excluding hydrogens is 352 g/mol. The summed E-state index contributed by atoms with van der Waals surface area (Å²) < 4.78 is 5.17. The van der Waals surface area contributed by atoms with Crippen LogP contribution in [0.5, 0.6) is 5.75 Å². The number of amides is 2. The number of methoxy groups -OCH3 is 1. The van der Waals surface area contributed by atoms with Crippen LogP contribution in [0.15, 0.2) is 54.6 Å². The van der Waals surface area contributed by atoms with E-state index in [1.165, 1.54) is 0 Å². The second-order valence-corrected chi connectivity index (χ2v) is 7.18. The van der Waals surface area contributed by atoms with Gasteiger partial charge in [0.05, 0.1) is 13.0 Å². The first-order chi connectivity index (χ1) is 13.6. The van der Waals surface area contributed by atoms with Crippen LogP contribution < -0.4 is 4.74 Å². The van der Waals surface area contributed by atoms with Gasteiger partial charge in [0.15, 0.2) is 0 Å². The molecule has 0 bridgehead atoms. The molecule has 1 atom stereocenters. The van der Waals surface area contributed by atoms with Crippen LogP contribution in [0.1, 0.15) is 24.5 Å². The number of ether oxygens (including phenoxy) is 1. The SMILES string of the molecule is CCN(Cc1ccccc1)C(=O)C1CC(=O)N(CCc2ccc(OC)cc2)C1. The molecule has 0 radical (unpaired) electrons. The van der Waals surface area contributed by atoms with Gasteiger partial charge in [-0.15, -0.1) is 0 Å². The molecule has 1 unspecified atom stereocenters. The largest absolute Gasteiger partial charge is 0.497 e. The molecule has 0 N–H and O–H groups in total. The van der Waals surface area contributed by atoms with Crippen molar-refractivity contribution in [2.45, 2.75) is 26.3 Å². The Balaban J connectivity index is 1.55. The molecule has 0 spiro atoms. The fourth-order valence-corrected chi connectivity index (χ4v) is 3.62. The minimum atomic E-state index is -0.243. The molecule has 1 fully saturated rings. The van der Waals surface area contributed by atoms with E-state index in [9.17, 15) is 9.59 Å². The van der Waals surface area contributed by atoms with Gasteiger partial charge in [-0.1, -0.05) is 42.5 Å². The Kier molecular flexibility index (Phi) is 6.69. The molecule has 1 aliphatic rings. The van der Waals surface area contributed by atoms with Crippen molar-refractivity contribution in [3.05, 3.63) is 65.7 Å². The number of nitrogens with zero attached hydrogens (tertiary/aromatic N) is 2. The van der Waals surface area contributed by atoms with E-state index >= 15 is 0 Å². The molecule has 3 rings (SSSR count). The zero-order valence-electron chi connectivity index (χ0n) is 16.6. The molecule has 0 saturated carbocycles. The molecule has 2 aromatic carbocycles.